The van der Waals surface area contributed by atoms with Crippen molar-refractivity contribution in [3.8, 4) is 0 Å². The Morgan fingerprint density at radius 1 is 1.39 bits per heavy atom. The molecule has 2 rings (SSSR count). The van der Waals surface area contributed by atoms with Gasteiger partial charge in [-0.25, -0.2) is 9.78 Å². The Morgan fingerprint density at radius 3 is 2.67 bits per heavy atom. The standard InChI is InChI=1S/C12H13N3O2S/c1-2-10-14-12(18-15-10)13-7-8-3-5-9(6-4-8)11(16)17/h3-6H,2,7H2,1H3,(H,16,17)(H,13,14,15). The number of hydrogen-bond acceptors (Lipinski definition) is 5. The van der Waals surface area contributed by atoms with Gasteiger partial charge in [-0.1, -0.05) is 19.1 Å². The summed E-state index contributed by atoms with van der Waals surface area (Å²) in [6, 6.07) is 6.77. The maximum absolute atomic E-state index is 10.7. The van der Waals surface area contributed by atoms with Crippen molar-refractivity contribution in [1.29, 1.82) is 0 Å². The van der Waals surface area contributed by atoms with Crippen molar-refractivity contribution in [2.24, 2.45) is 0 Å². The number of nitrogens with one attached hydrogen (secondary N) is 1. The average Bonchev–Trinajstić information content (AvgIpc) is 2.85. The third kappa shape index (κ3) is 3.04. The molecule has 6 heteroatoms. The van der Waals surface area contributed by atoms with Gasteiger partial charge in [-0.3, -0.25) is 0 Å². The van der Waals surface area contributed by atoms with Gasteiger partial charge in [0.1, 0.15) is 5.82 Å². The van der Waals surface area contributed by atoms with Crippen LogP contribution in [0.25, 0.3) is 0 Å². The number of aromatic carboxylic acids is 1. The summed E-state index contributed by atoms with van der Waals surface area (Å²) < 4.78 is 4.17. The minimum absolute atomic E-state index is 0.294. The van der Waals surface area contributed by atoms with Crippen LogP contribution in [0.15, 0.2) is 24.3 Å². The molecule has 0 aliphatic rings. The van der Waals surface area contributed by atoms with Crippen molar-refractivity contribution in [1.82, 2.24) is 9.36 Å². The van der Waals surface area contributed by atoms with E-state index in [4.69, 9.17) is 5.11 Å². The second-order valence-electron chi connectivity index (χ2n) is 3.72. The average molecular weight is 263 g/mol. The van der Waals surface area contributed by atoms with Gasteiger partial charge >= 0.3 is 5.97 Å². The van der Waals surface area contributed by atoms with Crippen LogP contribution in [0.2, 0.25) is 0 Å². The molecule has 94 valence electrons. The highest BCUT2D eigenvalue weighted by atomic mass is 32.1. The van der Waals surface area contributed by atoms with E-state index in [0.717, 1.165) is 22.9 Å². The van der Waals surface area contributed by atoms with E-state index in [9.17, 15) is 4.79 Å². The Kier molecular flexibility index (Phi) is 3.88. The maximum Gasteiger partial charge on any atom is 0.335 e. The third-order valence-electron chi connectivity index (χ3n) is 2.43. The molecule has 0 saturated heterocycles. The van der Waals surface area contributed by atoms with Crippen LogP contribution in [0.4, 0.5) is 5.13 Å². The lowest BCUT2D eigenvalue weighted by atomic mass is 10.1. The first kappa shape index (κ1) is 12.5. The fourth-order valence-corrected chi connectivity index (χ4v) is 2.06. The fraction of sp³-hybridized carbons (Fsp3) is 0.250. The Balaban J connectivity index is 1.95. The van der Waals surface area contributed by atoms with E-state index in [1.54, 1.807) is 24.3 Å². The number of anilines is 1. The normalized spacial score (nSPS) is 10.3. The lowest BCUT2D eigenvalue weighted by Gasteiger charge is -2.02. The molecule has 0 aliphatic heterocycles. The van der Waals surface area contributed by atoms with Crippen LogP contribution in [-0.2, 0) is 13.0 Å². The Labute approximate surface area is 109 Å². The van der Waals surface area contributed by atoms with Crippen molar-refractivity contribution in [3.63, 3.8) is 0 Å². The summed E-state index contributed by atoms with van der Waals surface area (Å²) in [6.07, 6.45) is 0.825. The highest BCUT2D eigenvalue weighted by Gasteiger charge is 2.03. The van der Waals surface area contributed by atoms with E-state index in [2.05, 4.69) is 14.7 Å². The quantitative estimate of drug-likeness (QED) is 0.866. The zero-order valence-electron chi connectivity index (χ0n) is 9.88. The van der Waals surface area contributed by atoms with Gasteiger partial charge < -0.3 is 10.4 Å². The molecular weight excluding hydrogens is 250 g/mol. The van der Waals surface area contributed by atoms with Crippen molar-refractivity contribution >= 4 is 22.6 Å². The number of carboxylic acids is 1. The van der Waals surface area contributed by atoms with E-state index >= 15 is 0 Å². The molecule has 0 amide bonds. The van der Waals surface area contributed by atoms with E-state index < -0.39 is 5.97 Å². The summed E-state index contributed by atoms with van der Waals surface area (Å²) in [5.74, 6) is -0.0741. The molecule has 0 spiro atoms. The Morgan fingerprint density at radius 2 is 2.11 bits per heavy atom. The van der Waals surface area contributed by atoms with Crippen LogP contribution in [0, 0.1) is 0 Å². The molecular formula is C12H13N3O2S. The smallest absolute Gasteiger partial charge is 0.335 e. The molecule has 1 heterocycles. The number of aromatic nitrogens is 2. The summed E-state index contributed by atoms with van der Waals surface area (Å²) in [5, 5.41) is 12.7. The minimum Gasteiger partial charge on any atom is -0.478 e. The highest BCUT2D eigenvalue weighted by molar-refractivity contribution is 7.09. The van der Waals surface area contributed by atoms with Gasteiger partial charge in [0.25, 0.3) is 0 Å². The topological polar surface area (TPSA) is 75.1 Å². The van der Waals surface area contributed by atoms with Gasteiger partial charge in [0.15, 0.2) is 0 Å². The van der Waals surface area contributed by atoms with Crippen molar-refractivity contribution in [2.75, 3.05) is 5.32 Å². The number of benzene rings is 1. The zero-order chi connectivity index (χ0) is 13.0. The predicted molar refractivity (Wildman–Crippen MR) is 70.0 cm³/mol. The van der Waals surface area contributed by atoms with Gasteiger partial charge in [-0.15, -0.1) is 0 Å². The second kappa shape index (κ2) is 5.59. The molecule has 0 saturated carbocycles. The monoisotopic (exact) mass is 263 g/mol. The first-order valence-electron chi connectivity index (χ1n) is 5.57. The third-order valence-corrected chi connectivity index (χ3v) is 3.14. The molecule has 0 bridgehead atoms. The zero-order valence-corrected chi connectivity index (χ0v) is 10.7. The molecule has 1 aromatic heterocycles. The molecule has 18 heavy (non-hydrogen) atoms. The van der Waals surface area contributed by atoms with E-state index in [-0.39, 0.29) is 0 Å². The first-order chi connectivity index (χ1) is 8.69. The molecule has 2 aromatic rings. The maximum atomic E-state index is 10.7. The number of carbonyl (C=O) groups is 1. The number of rotatable bonds is 5. The predicted octanol–water partition coefficient (Wildman–Crippen LogP) is 2.41. The van der Waals surface area contributed by atoms with Gasteiger partial charge in [0.2, 0.25) is 5.13 Å². The van der Waals surface area contributed by atoms with Crippen LogP contribution in [0.5, 0.6) is 0 Å². The van der Waals surface area contributed by atoms with Crippen molar-refractivity contribution < 1.29 is 9.90 Å². The minimum atomic E-state index is -0.911. The lowest BCUT2D eigenvalue weighted by Crippen LogP contribution is -2.01. The molecule has 0 aliphatic carbocycles. The van der Waals surface area contributed by atoms with Gasteiger partial charge in [-0.2, -0.15) is 4.37 Å². The molecule has 5 nitrogen and oxygen atoms in total. The largest absolute Gasteiger partial charge is 0.478 e. The number of carboxylic acid groups (broad SMARTS) is 1. The number of hydrogen-bond donors (Lipinski definition) is 2. The van der Waals surface area contributed by atoms with Crippen LogP contribution in [0.3, 0.4) is 0 Å². The van der Waals surface area contributed by atoms with Crippen LogP contribution >= 0.6 is 11.5 Å². The van der Waals surface area contributed by atoms with Crippen LogP contribution in [0.1, 0.15) is 28.7 Å². The van der Waals surface area contributed by atoms with Gasteiger partial charge in [0, 0.05) is 24.5 Å². The second-order valence-corrected chi connectivity index (χ2v) is 4.48. The number of nitrogens with zero attached hydrogens (tertiary/aromatic N) is 2. The molecule has 1 aromatic carbocycles. The van der Waals surface area contributed by atoms with Crippen LogP contribution in [-0.4, -0.2) is 20.4 Å². The lowest BCUT2D eigenvalue weighted by molar-refractivity contribution is 0.0697. The summed E-state index contributed by atoms with van der Waals surface area (Å²) in [7, 11) is 0. The van der Waals surface area contributed by atoms with Gasteiger partial charge in [0.05, 0.1) is 5.56 Å². The van der Waals surface area contributed by atoms with E-state index in [0.29, 0.717) is 12.1 Å². The van der Waals surface area contributed by atoms with Crippen molar-refractivity contribution in [3.05, 3.63) is 41.2 Å². The summed E-state index contributed by atoms with van der Waals surface area (Å²) in [4.78, 5) is 15.0. The fourth-order valence-electron chi connectivity index (χ4n) is 1.41. The van der Waals surface area contributed by atoms with Crippen LogP contribution < -0.4 is 5.32 Å². The molecule has 0 fully saturated rings. The SMILES string of the molecule is CCc1nsc(NCc2ccc(C(=O)O)cc2)n1. The summed E-state index contributed by atoms with van der Waals surface area (Å²) in [5.41, 5.74) is 1.30. The van der Waals surface area contributed by atoms with Gasteiger partial charge in [-0.05, 0) is 17.7 Å². The molecule has 0 atom stereocenters. The molecule has 0 unspecified atom stereocenters. The first-order valence-corrected chi connectivity index (χ1v) is 6.35. The molecule has 2 N–H and O–H groups in total. The summed E-state index contributed by atoms with van der Waals surface area (Å²) in [6.45, 7) is 2.62. The van der Waals surface area contributed by atoms with Crippen molar-refractivity contribution in [2.45, 2.75) is 19.9 Å². The number of aryl methyl sites for hydroxylation is 1. The Bertz CT molecular complexity index is 537. The highest BCUT2D eigenvalue weighted by Crippen LogP contribution is 2.13. The van der Waals surface area contributed by atoms with E-state index in [1.165, 1.54) is 11.5 Å². The summed E-state index contributed by atoms with van der Waals surface area (Å²) >= 11 is 1.34. The molecule has 0 radical (unpaired) electrons. The van der Waals surface area contributed by atoms with E-state index in [1.807, 2.05) is 6.92 Å². The Hall–Kier alpha value is -1.95.